The van der Waals surface area contributed by atoms with Crippen molar-refractivity contribution in [3.05, 3.63) is 29.8 Å². The summed E-state index contributed by atoms with van der Waals surface area (Å²) in [6, 6.07) is 1.07. The summed E-state index contributed by atoms with van der Waals surface area (Å²) in [4.78, 5) is 22.2. The standard InChI is InChI=1S/C14H15F4NO4/c15-8-3-4-11(9(16)6-8)23-5-1-2-13(20)19-10(14(21)22)7-12(17)18/h3-4,6,10,12H,1-2,5,7H2,(H,19,20)(H,21,22). The molecule has 0 spiro atoms. The van der Waals surface area contributed by atoms with E-state index in [2.05, 4.69) is 0 Å². The first-order valence-corrected chi connectivity index (χ1v) is 6.67. The molecule has 1 aromatic carbocycles. The molecule has 1 atom stereocenters. The number of carboxylic acids is 1. The number of nitrogens with one attached hydrogen (secondary N) is 1. The van der Waals surface area contributed by atoms with E-state index in [9.17, 15) is 27.2 Å². The fourth-order valence-corrected chi connectivity index (χ4v) is 1.67. The number of benzene rings is 1. The number of carboxylic acid groups (broad SMARTS) is 1. The average molecular weight is 337 g/mol. The van der Waals surface area contributed by atoms with Crippen LogP contribution < -0.4 is 10.1 Å². The number of aliphatic carboxylic acids is 1. The smallest absolute Gasteiger partial charge is 0.326 e. The Morgan fingerprint density at radius 3 is 2.52 bits per heavy atom. The molecule has 0 heterocycles. The lowest BCUT2D eigenvalue weighted by Gasteiger charge is -2.14. The fourth-order valence-electron chi connectivity index (χ4n) is 1.67. The lowest BCUT2D eigenvalue weighted by molar-refractivity contribution is -0.143. The van der Waals surface area contributed by atoms with E-state index >= 15 is 0 Å². The maximum Gasteiger partial charge on any atom is 0.326 e. The maximum atomic E-state index is 13.2. The Morgan fingerprint density at radius 2 is 1.96 bits per heavy atom. The zero-order valence-electron chi connectivity index (χ0n) is 11.9. The van der Waals surface area contributed by atoms with Crippen LogP contribution in [0.1, 0.15) is 19.3 Å². The molecular weight excluding hydrogens is 322 g/mol. The molecule has 0 aliphatic rings. The average Bonchev–Trinajstić information content (AvgIpc) is 2.44. The molecule has 0 aromatic heterocycles. The van der Waals surface area contributed by atoms with Crippen LogP contribution in [0.5, 0.6) is 5.75 Å². The van der Waals surface area contributed by atoms with Gasteiger partial charge in [0.25, 0.3) is 0 Å². The van der Waals surface area contributed by atoms with Crippen molar-refractivity contribution in [1.82, 2.24) is 5.32 Å². The highest BCUT2D eigenvalue weighted by atomic mass is 19.3. The highest BCUT2D eigenvalue weighted by Gasteiger charge is 2.23. The van der Waals surface area contributed by atoms with Crippen LogP contribution in [-0.4, -0.2) is 36.1 Å². The number of ether oxygens (including phenoxy) is 1. The lowest BCUT2D eigenvalue weighted by Crippen LogP contribution is -2.42. The number of halogens is 4. The Labute approximate surface area is 129 Å². The molecule has 0 radical (unpaired) electrons. The molecule has 1 amide bonds. The summed E-state index contributed by atoms with van der Waals surface area (Å²) in [6.45, 7) is -0.0808. The monoisotopic (exact) mass is 337 g/mol. The van der Waals surface area contributed by atoms with E-state index in [0.29, 0.717) is 6.07 Å². The van der Waals surface area contributed by atoms with E-state index in [-0.39, 0.29) is 25.2 Å². The van der Waals surface area contributed by atoms with Crippen molar-refractivity contribution in [2.75, 3.05) is 6.61 Å². The molecule has 0 saturated heterocycles. The van der Waals surface area contributed by atoms with Gasteiger partial charge in [-0.2, -0.15) is 0 Å². The molecule has 1 unspecified atom stereocenters. The van der Waals surface area contributed by atoms with E-state index in [1.54, 1.807) is 0 Å². The maximum absolute atomic E-state index is 13.2. The van der Waals surface area contributed by atoms with E-state index in [1.807, 2.05) is 5.32 Å². The van der Waals surface area contributed by atoms with Gasteiger partial charge in [-0.3, -0.25) is 4.79 Å². The summed E-state index contributed by atoms with van der Waals surface area (Å²) in [6.07, 6.45) is -3.93. The predicted molar refractivity (Wildman–Crippen MR) is 71.3 cm³/mol. The summed E-state index contributed by atoms with van der Waals surface area (Å²) >= 11 is 0. The Bertz CT molecular complexity index is 554. The normalized spacial score (nSPS) is 12.0. The summed E-state index contributed by atoms with van der Waals surface area (Å²) in [7, 11) is 0. The van der Waals surface area contributed by atoms with Crippen LogP contribution in [0.3, 0.4) is 0 Å². The minimum Gasteiger partial charge on any atom is -0.491 e. The number of hydrogen-bond donors (Lipinski definition) is 2. The van der Waals surface area contributed by atoms with Crippen LogP contribution in [-0.2, 0) is 9.59 Å². The molecule has 0 bridgehead atoms. The van der Waals surface area contributed by atoms with E-state index in [0.717, 1.165) is 12.1 Å². The van der Waals surface area contributed by atoms with Crippen LogP contribution in [0.2, 0.25) is 0 Å². The van der Waals surface area contributed by atoms with Crippen molar-refractivity contribution < 1.29 is 37.0 Å². The highest BCUT2D eigenvalue weighted by Crippen LogP contribution is 2.17. The van der Waals surface area contributed by atoms with E-state index < -0.39 is 42.4 Å². The van der Waals surface area contributed by atoms with Gasteiger partial charge in [0.2, 0.25) is 12.3 Å². The molecule has 1 aromatic rings. The molecule has 0 aliphatic heterocycles. The summed E-state index contributed by atoms with van der Waals surface area (Å²) < 4.78 is 55.2. The second-order valence-electron chi connectivity index (χ2n) is 4.61. The van der Waals surface area contributed by atoms with Crippen LogP contribution in [0.15, 0.2) is 18.2 Å². The summed E-state index contributed by atoms with van der Waals surface area (Å²) in [5.41, 5.74) is 0. The van der Waals surface area contributed by atoms with Crippen LogP contribution in [0.25, 0.3) is 0 Å². The predicted octanol–water partition coefficient (Wildman–Crippen LogP) is 2.35. The number of alkyl halides is 2. The summed E-state index contributed by atoms with van der Waals surface area (Å²) in [5, 5.41) is 10.7. The minimum atomic E-state index is -2.86. The van der Waals surface area contributed by atoms with Gasteiger partial charge in [0.15, 0.2) is 11.6 Å². The second kappa shape index (κ2) is 8.96. The first-order valence-electron chi connectivity index (χ1n) is 6.67. The minimum absolute atomic E-state index is 0.0808. The van der Waals surface area contributed by atoms with Gasteiger partial charge in [-0.05, 0) is 18.6 Å². The number of carbonyl (C=O) groups is 2. The van der Waals surface area contributed by atoms with Crippen LogP contribution in [0.4, 0.5) is 17.6 Å². The van der Waals surface area contributed by atoms with Crippen molar-refractivity contribution in [2.45, 2.75) is 31.7 Å². The Kier molecular flexibility index (Phi) is 7.30. The van der Waals surface area contributed by atoms with Gasteiger partial charge in [0.1, 0.15) is 11.9 Å². The van der Waals surface area contributed by atoms with Gasteiger partial charge >= 0.3 is 5.97 Å². The Balaban J connectivity index is 2.34. The number of rotatable bonds is 9. The second-order valence-corrected chi connectivity index (χ2v) is 4.61. The third-order valence-electron chi connectivity index (χ3n) is 2.75. The Hall–Kier alpha value is -2.32. The molecule has 0 saturated carbocycles. The number of carbonyl (C=O) groups excluding carboxylic acids is 1. The van der Waals surface area contributed by atoms with Crippen LogP contribution >= 0.6 is 0 Å². The number of hydrogen-bond acceptors (Lipinski definition) is 3. The van der Waals surface area contributed by atoms with Gasteiger partial charge in [0, 0.05) is 18.9 Å². The van der Waals surface area contributed by atoms with Crippen LogP contribution in [0, 0.1) is 11.6 Å². The molecule has 2 N–H and O–H groups in total. The first kappa shape index (κ1) is 18.7. The molecule has 9 heteroatoms. The van der Waals surface area contributed by atoms with E-state index in [4.69, 9.17) is 9.84 Å². The molecule has 0 fully saturated rings. The fraction of sp³-hybridized carbons (Fsp3) is 0.429. The third kappa shape index (κ3) is 6.98. The van der Waals surface area contributed by atoms with Crippen molar-refractivity contribution in [3.8, 4) is 5.75 Å². The number of amides is 1. The third-order valence-corrected chi connectivity index (χ3v) is 2.75. The van der Waals surface area contributed by atoms with Crippen molar-refractivity contribution in [3.63, 3.8) is 0 Å². The highest BCUT2D eigenvalue weighted by molar-refractivity contribution is 5.83. The van der Waals surface area contributed by atoms with Gasteiger partial charge < -0.3 is 15.2 Å². The largest absolute Gasteiger partial charge is 0.491 e. The van der Waals surface area contributed by atoms with Crippen molar-refractivity contribution in [2.24, 2.45) is 0 Å². The van der Waals surface area contributed by atoms with Gasteiger partial charge in [-0.25, -0.2) is 22.4 Å². The molecule has 0 aliphatic carbocycles. The molecule has 1 rings (SSSR count). The lowest BCUT2D eigenvalue weighted by atomic mass is 10.2. The zero-order valence-corrected chi connectivity index (χ0v) is 11.9. The molecular formula is C14H15F4NO4. The zero-order chi connectivity index (χ0) is 17.4. The molecule has 23 heavy (non-hydrogen) atoms. The Morgan fingerprint density at radius 1 is 1.26 bits per heavy atom. The first-order chi connectivity index (χ1) is 10.8. The summed E-state index contributed by atoms with van der Waals surface area (Å²) in [5.74, 6) is -4.12. The SMILES string of the molecule is O=C(CCCOc1ccc(F)cc1F)NC(CC(F)F)C(=O)O. The van der Waals surface area contributed by atoms with Gasteiger partial charge in [-0.15, -0.1) is 0 Å². The van der Waals surface area contributed by atoms with Crippen molar-refractivity contribution >= 4 is 11.9 Å². The topological polar surface area (TPSA) is 75.6 Å². The molecule has 128 valence electrons. The van der Waals surface area contributed by atoms with Gasteiger partial charge in [-0.1, -0.05) is 0 Å². The van der Waals surface area contributed by atoms with Gasteiger partial charge in [0.05, 0.1) is 6.61 Å². The molecule has 5 nitrogen and oxygen atoms in total. The van der Waals surface area contributed by atoms with Crippen molar-refractivity contribution in [1.29, 1.82) is 0 Å². The quantitative estimate of drug-likeness (QED) is 0.536. The van der Waals surface area contributed by atoms with E-state index in [1.165, 1.54) is 0 Å².